The van der Waals surface area contributed by atoms with E-state index in [1.807, 2.05) is 61.5 Å². The molecule has 3 aromatic rings. The van der Waals surface area contributed by atoms with E-state index in [0.717, 1.165) is 17.0 Å². The number of aromatic amines is 1. The molecule has 6 nitrogen and oxygen atoms in total. The summed E-state index contributed by atoms with van der Waals surface area (Å²) in [6.45, 7) is 1.85. The molecule has 0 aliphatic rings. The number of anilines is 1. The van der Waals surface area contributed by atoms with Gasteiger partial charge in [-0.15, -0.1) is 12.4 Å². The van der Waals surface area contributed by atoms with E-state index in [1.54, 1.807) is 0 Å². The van der Waals surface area contributed by atoms with Crippen molar-refractivity contribution >= 4 is 24.0 Å². The van der Waals surface area contributed by atoms with E-state index in [-0.39, 0.29) is 18.3 Å². The average Bonchev–Trinajstić information content (AvgIpc) is 3.03. The third-order valence-corrected chi connectivity index (χ3v) is 3.64. The number of carbonyl (C=O) groups excluding carboxylic acids is 1. The van der Waals surface area contributed by atoms with E-state index in [9.17, 15) is 4.79 Å². The van der Waals surface area contributed by atoms with Gasteiger partial charge in [-0.3, -0.25) is 9.89 Å². The summed E-state index contributed by atoms with van der Waals surface area (Å²) in [4.78, 5) is 16.5. The van der Waals surface area contributed by atoms with Crippen LogP contribution in [0, 0.1) is 6.92 Å². The Labute approximate surface area is 152 Å². The number of carbonyl (C=O) groups is 1. The summed E-state index contributed by atoms with van der Waals surface area (Å²) in [5.41, 5.74) is 8.60. The molecule has 1 aromatic heterocycles. The molecular formula is C18H20ClN5O. The Kier molecular flexibility index (Phi) is 6.27. The summed E-state index contributed by atoms with van der Waals surface area (Å²) < 4.78 is 0. The van der Waals surface area contributed by atoms with Crippen molar-refractivity contribution in [2.24, 2.45) is 5.73 Å². The summed E-state index contributed by atoms with van der Waals surface area (Å²) in [5, 5.41) is 9.75. The minimum Gasteiger partial charge on any atom is -0.325 e. The van der Waals surface area contributed by atoms with E-state index in [0.29, 0.717) is 17.9 Å². The van der Waals surface area contributed by atoms with Crippen molar-refractivity contribution in [3.63, 3.8) is 0 Å². The lowest BCUT2D eigenvalue weighted by atomic mass is 10.1. The lowest BCUT2D eigenvalue weighted by Gasteiger charge is -2.12. The van der Waals surface area contributed by atoms with Gasteiger partial charge in [0.15, 0.2) is 5.82 Å². The van der Waals surface area contributed by atoms with Crippen LogP contribution in [0.15, 0.2) is 54.6 Å². The molecule has 1 heterocycles. The second-order valence-electron chi connectivity index (χ2n) is 5.61. The van der Waals surface area contributed by atoms with E-state index in [4.69, 9.17) is 5.73 Å². The maximum Gasteiger partial charge on any atom is 0.241 e. The van der Waals surface area contributed by atoms with Crippen molar-refractivity contribution in [1.82, 2.24) is 15.2 Å². The molecule has 130 valence electrons. The number of hydrogen-bond acceptors (Lipinski definition) is 4. The first-order chi connectivity index (χ1) is 11.6. The number of amides is 1. The summed E-state index contributed by atoms with van der Waals surface area (Å²) in [5.74, 6) is 1.18. The highest BCUT2D eigenvalue weighted by Gasteiger charge is 2.14. The number of nitrogens with zero attached hydrogens (tertiary/aromatic N) is 2. The zero-order valence-electron chi connectivity index (χ0n) is 13.8. The molecular weight excluding hydrogens is 338 g/mol. The molecule has 0 fully saturated rings. The molecule has 0 spiro atoms. The largest absolute Gasteiger partial charge is 0.325 e. The Morgan fingerprint density at radius 2 is 1.84 bits per heavy atom. The van der Waals surface area contributed by atoms with Gasteiger partial charge in [-0.25, -0.2) is 4.98 Å². The van der Waals surface area contributed by atoms with Gasteiger partial charge in [0.2, 0.25) is 5.91 Å². The maximum atomic E-state index is 12.2. The second kappa shape index (κ2) is 8.41. The van der Waals surface area contributed by atoms with E-state index >= 15 is 0 Å². The van der Waals surface area contributed by atoms with Crippen LogP contribution in [0.3, 0.4) is 0 Å². The number of H-pyrrole nitrogens is 1. The maximum absolute atomic E-state index is 12.2. The Hall–Kier alpha value is -2.70. The van der Waals surface area contributed by atoms with Gasteiger partial charge in [-0.2, -0.15) is 5.10 Å². The molecule has 0 aliphatic carbocycles. The molecule has 0 radical (unpaired) electrons. The molecule has 0 bridgehead atoms. The fourth-order valence-electron chi connectivity index (χ4n) is 2.37. The van der Waals surface area contributed by atoms with Gasteiger partial charge < -0.3 is 11.1 Å². The third-order valence-electron chi connectivity index (χ3n) is 3.64. The number of nitrogens with two attached hydrogens (primary N) is 1. The zero-order valence-corrected chi connectivity index (χ0v) is 14.6. The Balaban J connectivity index is 0.00000225. The summed E-state index contributed by atoms with van der Waals surface area (Å²) >= 11 is 0. The van der Waals surface area contributed by atoms with E-state index in [1.165, 1.54) is 0 Å². The molecule has 7 heteroatoms. The number of aryl methyl sites for hydroxylation is 1. The van der Waals surface area contributed by atoms with Gasteiger partial charge in [-0.1, -0.05) is 30.3 Å². The molecule has 3 rings (SSSR count). The number of aromatic nitrogens is 3. The van der Waals surface area contributed by atoms with Crippen molar-refractivity contribution in [2.45, 2.75) is 19.4 Å². The van der Waals surface area contributed by atoms with Gasteiger partial charge in [0, 0.05) is 11.3 Å². The minimum atomic E-state index is -0.595. The van der Waals surface area contributed by atoms with Crippen LogP contribution in [0.1, 0.15) is 11.4 Å². The average molecular weight is 358 g/mol. The molecule has 0 saturated carbocycles. The smallest absolute Gasteiger partial charge is 0.241 e. The number of nitrogens with one attached hydrogen (secondary N) is 2. The normalized spacial score (nSPS) is 11.4. The Morgan fingerprint density at radius 3 is 2.44 bits per heavy atom. The number of benzene rings is 2. The number of hydrogen-bond donors (Lipinski definition) is 3. The lowest BCUT2D eigenvalue weighted by molar-refractivity contribution is -0.117. The number of halogens is 1. The van der Waals surface area contributed by atoms with Gasteiger partial charge in [0.05, 0.1) is 6.04 Å². The monoisotopic (exact) mass is 357 g/mol. The molecule has 1 atom stereocenters. The topological polar surface area (TPSA) is 96.7 Å². The zero-order chi connectivity index (χ0) is 16.9. The standard InChI is InChI=1S/C18H19N5O.ClH/c1-12-20-17(23-22-12)14-7-9-15(10-8-14)21-18(24)16(19)11-13-5-3-2-4-6-13;/h2-10,16H,11,19H2,1H3,(H,21,24)(H,20,22,23);1H. The van der Waals surface area contributed by atoms with Gasteiger partial charge in [-0.05, 0) is 43.2 Å². The summed E-state index contributed by atoms with van der Waals surface area (Å²) in [6, 6.07) is 16.5. The molecule has 4 N–H and O–H groups in total. The Morgan fingerprint density at radius 1 is 1.16 bits per heavy atom. The first kappa shape index (κ1) is 18.6. The van der Waals surface area contributed by atoms with Gasteiger partial charge >= 0.3 is 0 Å². The molecule has 2 aromatic carbocycles. The van der Waals surface area contributed by atoms with Crippen LogP contribution in [0.5, 0.6) is 0 Å². The van der Waals surface area contributed by atoms with Crippen LogP contribution in [-0.4, -0.2) is 27.1 Å². The second-order valence-corrected chi connectivity index (χ2v) is 5.61. The Bertz CT molecular complexity index is 817. The minimum absolute atomic E-state index is 0. The molecule has 25 heavy (non-hydrogen) atoms. The first-order valence-electron chi connectivity index (χ1n) is 7.71. The van der Waals surface area contributed by atoms with Crippen LogP contribution in [0.4, 0.5) is 5.69 Å². The fraction of sp³-hybridized carbons (Fsp3) is 0.167. The van der Waals surface area contributed by atoms with E-state index in [2.05, 4.69) is 20.5 Å². The van der Waals surface area contributed by atoms with Crippen molar-refractivity contribution < 1.29 is 4.79 Å². The van der Waals surface area contributed by atoms with Crippen LogP contribution in [0.25, 0.3) is 11.4 Å². The van der Waals surface area contributed by atoms with Crippen LogP contribution in [0.2, 0.25) is 0 Å². The number of rotatable bonds is 5. The highest BCUT2D eigenvalue weighted by Crippen LogP contribution is 2.18. The molecule has 0 saturated heterocycles. The predicted octanol–water partition coefficient (Wildman–Crippen LogP) is 2.71. The lowest BCUT2D eigenvalue weighted by Crippen LogP contribution is -2.37. The molecule has 1 unspecified atom stereocenters. The van der Waals surface area contributed by atoms with Crippen molar-refractivity contribution in [1.29, 1.82) is 0 Å². The predicted molar refractivity (Wildman–Crippen MR) is 101 cm³/mol. The van der Waals surface area contributed by atoms with E-state index < -0.39 is 6.04 Å². The first-order valence-corrected chi connectivity index (χ1v) is 7.71. The van der Waals surface area contributed by atoms with Crippen molar-refractivity contribution in [2.75, 3.05) is 5.32 Å². The van der Waals surface area contributed by atoms with Gasteiger partial charge in [0.1, 0.15) is 5.82 Å². The van der Waals surface area contributed by atoms with Crippen molar-refractivity contribution in [3.8, 4) is 11.4 Å². The third kappa shape index (κ3) is 4.89. The highest BCUT2D eigenvalue weighted by molar-refractivity contribution is 5.95. The van der Waals surface area contributed by atoms with Crippen LogP contribution < -0.4 is 11.1 Å². The van der Waals surface area contributed by atoms with Crippen LogP contribution >= 0.6 is 12.4 Å². The highest BCUT2D eigenvalue weighted by atomic mass is 35.5. The fourth-order valence-corrected chi connectivity index (χ4v) is 2.37. The summed E-state index contributed by atoms with van der Waals surface area (Å²) in [6.07, 6.45) is 0.501. The quantitative estimate of drug-likeness (QED) is 0.654. The molecule has 0 aliphatic heterocycles. The van der Waals surface area contributed by atoms with Gasteiger partial charge in [0.25, 0.3) is 0 Å². The summed E-state index contributed by atoms with van der Waals surface area (Å²) in [7, 11) is 0. The molecule has 1 amide bonds. The van der Waals surface area contributed by atoms with Crippen LogP contribution in [-0.2, 0) is 11.2 Å². The van der Waals surface area contributed by atoms with Crippen molar-refractivity contribution in [3.05, 3.63) is 66.0 Å². The SMILES string of the molecule is Cc1nc(-c2ccc(NC(=O)C(N)Cc3ccccc3)cc2)n[nH]1.Cl.